The molecule has 0 saturated carbocycles. The van der Waals surface area contributed by atoms with E-state index in [0.29, 0.717) is 25.4 Å². The molecule has 88 valence electrons. The first-order valence-corrected chi connectivity index (χ1v) is 5.58. The molecule has 4 nitrogen and oxygen atoms in total. The van der Waals surface area contributed by atoms with Crippen molar-refractivity contribution in [1.82, 2.24) is 10.3 Å². The Bertz CT molecular complexity index is 313. The van der Waals surface area contributed by atoms with Crippen LogP contribution in [0.2, 0.25) is 0 Å². The highest BCUT2D eigenvalue weighted by molar-refractivity contribution is 5.75. The molecular weight excluding hydrogens is 202 g/mol. The van der Waals surface area contributed by atoms with Crippen molar-refractivity contribution in [1.29, 1.82) is 0 Å². The Morgan fingerprint density at radius 2 is 2.44 bits per heavy atom. The van der Waals surface area contributed by atoms with Gasteiger partial charge in [-0.1, -0.05) is 13.0 Å². The van der Waals surface area contributed by atoms with E-state index in [9.17, 15) is 4.79 Å². The van der Waals surface area contributed by atoms with E-state index in [1.807, 2.05) is 19.1 Å². The minimum absolute atomic E-state index is 0.0733. The fourth-order valence-electron chi connectivity index (χ4n) is 1.29. The maximum atomic E-state index is 11.5. The number of hydrogen-bond donors (Lipinski definition) is 2. The monoisotopic (exact) mass is 221 g/mol. The van der Waals surface area contributed by atoms with Crippen LogP contribution in [0.3, 0.4) is 0 Å². The third kappa shape index (κ3) is 4.89. The first-order valence-electron chi connectivity index (χ1n) is 5.58. The van der Waals surface area contributed by atoms with Crippen molar-refractivity contribution in [2.24, 2.45) is 11.7 Å². The lowest BCUT2D eigenvalue weighted by molar-refractivity contribution is -0.121. The van der Waals surface area contributed by atoms with E-state index in [2.05, 4.69) is 10.3 Å². The molecule has 0 radical (unpaired) electrons. The fourth-order valence-corrected chi connectivity index (χ4v) is 1.29. The summed E-state index contributed by atoms with van der Waals surface area (Å²) >= 11 is 0. The van der Waals surface area contributed by atoms with Crippen molar-refractivity contribution in [2.45, 2.75) is 26.3 Å². The van der Waals surface area contributed by atoms with Crippen molar-refractivity contribution in [3.8, 4) is 0 Å². The number of rotatable bonds is 6. The molecule has 1 unspecified atom stereocenters. The molecular formula is C12H19N3O. The summed E-state index contributed by atoms with van der Waals surface area (Å²) in [6, 6.07) is 3.80. The number of carbonyl (C=O) groups excluding carboxylic acids is 1. The van der Waals surface area contributed by atoms with Crippen LogP contribution in [-0.2, 0) is 11.3 Å². The molecule has 1 aromatic heterocycles. The smallest absolute Gasteiger partial charge is 0.220 e. The maximum absolute atomic E-state index is 11.5. The number of nitrogens with one attached hydrogen (secondary N) is 1. The number of pyridine rings is 1. The van der Waals surface area contributed by atoms with E-state index >= 15 is 0 Å². The van der Waals surface area contributed by atoms with E-state index in [-0.39, 0.29) is 5.91 Å². The summed E-state index contributed by atoms with van der Waals surface area (Å²) in [6.07, 6.45) is 4.85. The third-order valence-electron chi connectivity index (χ3n) is 2.48. The first-order chi connectivity index (χ1) is 7.72. The Morgan fingerprint density at radius 1 is 1.62 bits per heavy atom. The molecule has 0 spiro atoms. The first kappa shape index (κ1) is 12.6. The van der Waals surface area contributed by atoms with Gasteiger partial charge in [-0.25, -0.2) is 0 Å². The molecule has 0 aliphatic heterocycles. The molecule has 4 heteroatoms. The van der Waals surface area contributed by atoms with Gasteiger partial charge in [-0.15, -0.1) is 0 Å². The molecule has 1 amide bonds. The minimum atomic E-state index is 0.0733. The highest BCUT2D eigenvalue weighted by atomic mass is 16.1. The largest absolute Gasteiger partial charge is 0.352 e. The molecule has 3 N–H and O–H groups in total. The summed E-state index contributed by atoms with van der Waals surface area (Å²) < 4.78 is 0. The van der Waals surface area contributed by atoms with Gasteiger partial charge in [0.15, 0.2) is 0 Å². The van der Waals surface area contributed by atoms with E-state index in [0.717, 1.165) is 12.0 Å². The van der Waals surface area contributed by atoms with Crippen molar-refractivity contribution >= 4 is 5.91 Å². The van der Waals surface area contributed by atoms with Crippen LogP contribution >= 0.6 is 0 Å². The zero-order valence-corrected chi connectivity index (χ0v) is 9.65. The molecule has 0 fully saturated rings. The fraction of sp³-hybridized carbons (Fsp3) is 0.500. The number of nitrogens with two attached hydrogens (primary N) is 1. The number of aromatic nitrogens is 1. The van der Waals surface area contributed by atoms with Gasteiger partial charge in [-0.3, -0.25) is 9.78 Å². The molecule has 0 aromatic carbocycles. The van der Waals surface area contributed by atoms with Gasteiger partial charge < -0.3 is 11.1 Å². The Hall–Kier alpha value is -1.42. The average molecular weight is 221 g/mol. The Kier molecular flexibility index (Phi) is 5.50. The zero-order valence-electron chi connectivity index (χ0n) is 9.65. The summed E-state index contributed by atoms with van der Waals surface area (Å²) in [7, 11) is 0. The van der Waals surface area contributed by atoms with Crippen molar-refractivity contribution < 1.29 is 4.79 Å². The van der Waals surface area contributed by atoms with Gasteiger partial charge in [0.1, 0.15) is 0 Å². The van der Waals surface area contributed by atoms with Crippen LogP contribution in [0.5, 0.6) is 0 Å². The van der Waals surface area contributed by atoms with E-state index in [1.54, 1.807) is 12.4 Å². The van der Waals surface area contributed by atoms with Crippen LogP contribution in [0.1, 0.15) is 25.3 Å². The van der Waals surface area contributed by atoms with Gasteiger partial charge >= 0.3 is 0 Å². The lowest BCUT2D eigenvalue weighted by Crippen LogP contribution is -2.24. The van der Waals surface area contributed by atoms with Gasteiger partial charge in [0.05, 0.1) is 0 Å². The molecule has 0 saturated heterocycles. The third-order valence-corrected chi connectivity index (χ3v) is 2.48. The van der Waals surface area contributed by atoms with Gasteiger partial charge in [0.25, 0.3) is 0 Å². The number of carbonyl (C=O) groups is 1. The standard InChI is InChI=1S/C12H19N3O/c1-10(7-13)4-5-12(16)15-9-11-3-2-6-14-8-11/h2-3,6,8,10H,4-5,7,9,13H2,1H3,(H,15,16). The number of hydrogen-bond acceptors (Lipinski definition) is 3. The van der Waals surface area contributed by atoms with E-state index < -0.39 is 0 Å². The summed E-state index contributed by atoms with van der Waals surface area (Å²) in [5.41, 5.74) is 6.50. The van der Waals surface area contributed by atoms with Gasteiger partial charge in [-0.2, -0.15) is 0 Å². The summed E-state index contributed by atoms with van der Waals surface area (Å²) in [5.74, 6) is 0.480. The minimum Gasteiger partial charge on any atom is -0.352 e. The second kappa shape index (κ2) is 6.95. The molecule has 0 bridgehead atoms. The molecule has 0 aliphatic carbocycles. The summed E-state index contributed by atoms with van der Waals surface area (Å²) in [5, 5.41) is 2.86. The van der Waals surface area contributed by atoms with E-state index in [1.165, 1.54) is 0 Å². The predicted octanol–water partition coefficient (Wildman–Crippen LogP) is 1.07. The lowest BCUT2D eigenvalue weighted by Gasteiger charge is -2.08. The number of amides is 1. The highest BCUT2D eigenvalue weighted by Gasteiger charge is 2.04. The molecule has 1 aromatic rings. The molecule has 1 atom stereocenters. The van der Waals surface area contributed by atoms with Crippen molar-refractivity contribution in [3.05, 3.63) is 30.1 Å². The quantitative estimate of drug-likeness (QED) is 0.755. The van der Waals surface area contributed by atoms with Gasteiger partial charge in [0, 0.05) is 25.4 Å². The molecule has 0 aliphatic rings. The predicted molar refractivity (Wildman–Crippen MR) is 63.5 cm³/mol. The highest BCUT2D eigenvalue weighted by Crippen LogP contribution is 2.03. The van der Waals surface area contributed by atoms with Crippen LogP contribution in [-0.4, -0.2) is 17.4 Å². The van der Waals surface area contributed by atoms with Crippen LogP contribution in [0.25, 0.3) is 0 Å². The second-order valence-corrected chi connectivity index (χ2v) is 4.02. The van der Waals surface area contributed by atoms with Crippen LogP contribution in [0, 0.1) is 5.92 Å². The molecule has 1 rings (SSSR count). The lowest BCUT2D eigenvalue weighted by atomic mass is 10.1. The second-order valence-electron chi connectivity index (χ2n) is 4.02. The number of nitrogens with zero attached hydrogens (tertiary/aromatic N) is 1. The topological polar surface area (TPSA) is 68.0 Å². The Balaban J connectivity index is 2.20. The normalized spacial score (nSPS) is 12.1. The SMILES string of the molecule is CC(CN)CCC(=O)NCc1cccnc1. The molecule has 16 heavy (non-hydrogen) atoms. The van der Waals surface area contributed by atoms with E-state index in [4.69, 9.17) is 5.73 Å². The Labute approximate surface area is 96.3 Å². The van der Waals surface area contributed by atoms with Crippen LogP contribution < -0.4 is 11.1 Å². The van der Waals surface area contributed by atoms with Crippen molar-refractivity contribution in [2.75, 3.05) is 6.54 Å². The van der Waals surface area contributed by atoms with Crippen LogP contribution in [0.4, 0.5) is 0 Å². The summed E-state index contributed by atoms with van der Waals surface area (Å²) in [6.45, 7) is 3.23. The van der Waals surface area contributed by atoms with Crippen molar-refractivity contribution in [3.63, 3.8) is 0 Å². The maximum Gasteiger partial charge on any atom is 0.220 e. The average Bonchev–Trinajstić information content (AvgIpc) is 2.34. The van der Waals surface area contributed by atoms with Crippen LogP contribution in [0.15, 0.2) is 24.5 Å². The molecule has 1 heterocycles. The Morgan fingerprint density at radius 3 is 3.06 bits per heavy atom. The van der Waals surface area contributed by atoms with Gasteiger partial charge in [-0.05, 0) is 30.5 Å². The van der Waals surface area contributed by atoms with Gasteiger partial charge in [0.2, 0.25) is 5.91 Å². The summed E-state index contributed by atoms with van der Waals surface area (Å²) in [4.78, 5) is 15.4. The zero-order chi connectivity index (χ0) is 11.8.